The Hall–Kier alpha value is -3.37. The van der Waals surface area contributed by atoms with Gasteiger partial charge >= 0.3 is 0 Å². The van der Waals surface area contributed by atoms with Gasteiger partial charge in [0.2, 0.25) is 5.43 Å². The van der Waals surface area contributed by atoms with E-state index < -0.39 is 22.8 Å². The molecule has 3 aliphatic heterocycles. The Bertz CT molecular complexity index is 1380. The number of hydrogen-bond acceptors (Lipinski definition) is 6. The fourth-order valence-electron chi connectivity index (χ4n) is 4.75. The monoisotopic (exact) mass is 513 g/mol. The first kappa shape index (κ1) is 24.3. The number of pyridine rings is 1. The number of thioether (sulfide) groups is 1. The number of aromatic hydroxyl groups is 1. The molecule has 0 aliphatic carbocycles. The highest BCUT2D eigenvalue weighted by molar-refractivity contribution is 7.98. The Kier molecular flexibility index (Phi) is 6.72. The molecule has 1 amide bonds. The molecule has 0 radical (unpaired) electrons. The number of ether oxygens (including phenoxy) is 1. The molecule has 188 valence electrons. The van der Waals surface area contributed by atoms with Crippen molar-refractivity contribution in [2.24, 2.45) is 0 Å². The lowest BCUT2D eigenvalue weighted by Crippen LogP contribution is -2.58. The van der Waals surface area contributed by atoms with Crippen LogP contribution in [0, 0.1) is 11.6 Å². The summed E-state index contributed by atoms with van der Waals surface area (Å²) in [6, 6.07) is 12.1. The third-order valence-corrected chi connectivity index (χ3v) is 7.87. The maximum atomic E-state index is 13.7. The standard InChI is InChI=1S/C14H10F2S.C12H15N3O4/c15-12-6-5-9-7-10-3-1-2-4-13(10)17-8-11(9)14(12)16;1-19-7-2-4-14-9(6-7)13-15-5-3-8(16)11(17)10(15)12(14)18/h1-6H,7-8H2;3,5,7,9,13,17H,2,4,6H2,1H3/t;7-,9+/m.1/s1. The van der Waals surface area contributed by atoms with E-state index in [0.717, 1.165) is 16.9 Å². The van der Waals surface area contributed by atoms with Crippen LogP contribution in [0.5, 0.6) is 5.75 Å². The summed E-state index contributed by atoms with van der Waals surface area (Å²) in [7, 11) is 1.65. The molecule has 1 fully saturated rings. The third-order valence-electron chi connectivity index (χ3n) is 6.73. The molecule has 2 atom stereocenters. The van der Waals surface area contributed by atoms with E-state index in [1.807, 2.05) is 24.3 Å². The van der Waals surface area contributed by atoms with Crippen molar-refractivity contribution in [3.63, 3.8) is 0 Å². The zero-order valence-electron chi connectivity index (χ0n) is 19.5. The smallest absolute Gasteiger partial charge is 0.278 e. The van der Waals surface area contributed by atoms with Crippen molar-refractivity contribution in [1.29, 1.82) is 0 Å². The van der Waals surface area contributed by atoms with Gasteiger partial charge in [-0.2, -0.15) is 0 Å². The molecule has 0 spiro atoms. The van der Waals surface area contributed by atoms with Gasteiger partial charge in [0.05, 0.1) is 6.10 Å². The van der Waals surface area contributed by atoms with Gasteiger partial charge in [0.1, 0.15) is 6.17 Å². The van der Waals surface area contributed by atoms with Crippen LogP contribution in [0.4, 0.5) is 8.78 Å². The molecule has 10 heteroatoms. The number of hydrogen-bond donors (Lipinski definition) is 2. The summed E-state index contributed by atoms with van der Waals surface area (Å²) in [5, 5.41) is 9.76. The number of carbonyl (C=O) groups is 1. The van der Waals surface area contributed by atoms with Crippen LogP contribution >= 0.6 is 11.8 Å². The lowest BCUT2D eigenvalue weighted by atomic mass is 10.0. The van der Waals surface area contributed by atoms with Gasteiger partial charge in [0.15, 0.2) is 23.1 Å². The molecule has 3 aliphatic rings. The number of nitrogens with one attached hydrogen (secondary N) is 1. The number of nitrogens with zero attached hydrogens (tertiary/aromatic N) is 2. The minimum Gasteiger partial charge on any atom is -0.502 e. The van der Waals surface area contributed by atoms with Gasteiger partial charge in [-0.1, -0.05) is 24.3 Å². The molecule has 0 bridgehead atoms. The summed E-state index contributed by atoms with van der Waals surface area (Å²) in [6.45, 7) is 0.539. The number of carbonyl (C=O) groups excluding carboxylic acids is 1. The topological polar surface area (TPSA) is 83.8 Å². The van der Waals surface area contributed by atoms with Gasteiger partial charge in [-0.15, -0.1) is 11.8 Å². The summed E-state index contributed by atoms with van der Waals surface area (Å²) in [5.41, 5.74) is 5.13. The van der Waals surface area contributed by atoms with E-state index in [9.17, 15) is 23.5 Å². The van der Waals surface area contributed by atoms with Crippen molar-refractivity contribution in [3.05, 3.63) is 92.9 Å². The van der Waals surface area contributed by atoms with E-state index in [2.05, 4.69) is 5.43 Å². The molecule has 36 heavy (non-hydrogen) atoms. The highest BCUT2D eigenvalue weighted by Gasteiger charge is 2.38. The number of amides is 1. The molecule has 2 aromatic carbocycles. The van der Waals surface area contributed by atoms with E-state index in [1.165, 1.54) is 28.6 Å². The predicted molar refractivity (Wildman–Crippen MR) is 132 cm³/mol. The Balaban J connectivity index is 0.000000149. The Labute approximate surface area is 210 Å². The van der Waals surface area contributed by atoms with Gasteiger partial charge in [0, 0.05) is 48.6 Å². The maximum Gasteiger partial charge on any atom is 0.278 e. The summed E-state index contributed by atoms with van der Waals surface area (Å²) >= 11 is 1.57. The van der Waals surface area contributed by atoms with Gasteiger partial charge in [-0.25, -0.2) is 8.78 Å². The fraction of sp³-hybridized carbons (Fsp3) is 0.308. The Morgan fingerprint density at radius 3 is 2.72 bits per heavy atom. The van der Waals surface area contributed by atoms with Crippen LogP contribution in [0.3, 0.4) is 0 Å². The molecule has 1 aromatic heterocycles. The SMILES string of the molecule is CO[C@@H]1CCN2C(=O)c3c(O)c(=O)ccn3N[C@@H]2C1.Fc1ccc2c(c1F)CSc1ccccc1C2. The molecule has 1 saturated heterocycles. The van der Waals surface area contributed by atoms with E-state index >= 15 is 0 Å². The van der Waals surface area contributed by atoms with Crippen molar-refractivity contribution in [2.75, 3.05) is 19.1 Å². The van der Waals surface area contributed by atoms with Gasteiger partial charge in [-0.05, 0) is 36.1 Å². The van der Waals surface area contributed by atoms with Crippen LogP contribution in [0.15, 0.2) is 58.4 Å². The van der Waals surface area contributed by atoms with E-state index in [-0.39, 0.29) is 23.9 Å². The molecule has 0 saturated carbocycles. The molecule has 3 aromatic rings. The average molecular weight is 514 g/mol. The first-order valence-corrected chi connectivity index (χ1v) is 12.6. The normalized spacial score (nSPS) is 20.0. The summed E-state index contributed by atoms with van der Waals surface area (Å²) in [4.78, 5) is 26.5. The zero-order valence-corrected chi connectivity index (χ0v) is 20.4. The first-order chi connectivity index (χ1) is 17.4. The number of piperidine rings is 1. The van der Waals surface area contributed by atoms with Crippen LogP contribution in [0.1, 0.15) is 40.0 Å². The second-order valence-electron chi connectivity index (χ2n) is 8.84. The van der Waals surface area contributed by atoms with E-state index in [1.54, 1.807) is 29.8 Å². The Morgan fingerprint density at radius 1 is 1.11 bits per heavy atom. The molecule has 4 heterocycles. The highest BCUT2D eigenvalue weighted by Crippen LogP contribution is 2.35. The quantitative estimate of drug-likeness (QED) is 0.515. The van der Waals surface area contributed by atoms with Gasteiger partial charge < -0.3 is 20.2 Å². The third kappa shape index (κ3) is 4.46. The molecule has 2 N–H and O–H groups in total. The minimum absolute atomic E-state index is 0.000355. The lowest BCUT2D eigenvalue weighted by Gasteiger charge is -2.43. The number of halogens is 2. The number of aromatic nitrogens is 1. The van der Waals surface area contributed by atoms with E-state index in [4.69, 9.17) is 4.74 Å². The molecular weight excluding hydrogens is 488 g/mol. The minimum atomic E-state index is -0.754. The second kappa shape index (κ2) is 9.94. The van der Waals surface area contributed by atoms with Crippen molar-refractivity contribution in [3.8, 4) is 5.75 Å². The molecule has 0 unspecified atom stereocenters. The van der Waals surface area contributed by atoms with Crippen LogP contribution in [-0.2, 0) is 16.9 Å². The Morgan fingerprint density at radius 2 is 1.92 bits per heavy atom. The van der Waals surface area contributed by atoms with Gasteiger partial charge in [0.25, 0.3) is 5.91 Å². The number of rotatable bonds is 1. The van der Waals surface area contributed by atoms with E-state index in [0.29, 0.717) is 30.7 Å². The van der Waals surface area contributed by atoms with Crippen LogP contribution in [-0.4, -0.2) is 46.5 Å². The fourth-order valence-corrected chi connectivity index (χ4v) is 5.86. The molecular formula is C26H25F2N3O4S. The van der Waals surface area contributed by atoms with Gasteiger partial charge in [-0.3, -0.25) is 14.3 Å². The van der Waals surface area contributed by atoms with Crippen molar-refractivity contribution >= 4 is 17.7 Å². The zero-order chi connectivity index (χ0) is 25.4. The second-order valence-corrected chi connectivity index (χ2v) is 9.86. The summed E-state index contributed by atoms with van der Waals surface area (Å²) in [5.74, 6) is -1.78. The van der Waals surface area contributed by atoms with Crippen molar-refractivity contribution in [1.82, 2.24) is 9.58 Å². The average Bonchev–Trinajstić information content (AvgIpc) is 3.08. The number of fused-ring (bicyclic) bond motifs is 4. The number of methoxy groups -OCH3 is 1. The maximum absolute atomic E-state index is 13.7. The van der Waals surface area contributed by atoms with Crippen molar-refractivity contribution < 1.29 is 23.4 Å². The van der Waals surface area contributed by atoms with Crippen molar-refractivity contribution in [2.45, 2.75) is 42.2 Å². The lowest BCUT2D eigenvalue weighted by molar-refractivity contribution is 0.0104. The predicted octanol–water partition coefficient (Wildman–Crippen LogP) is 3.85. The van der Waals surface area contributed by atoms with Crippen LogP contribution in [0.2, 0.25) is 0 Å². The summed E-state index contributed by atoms with van der Waals surface area (Å²) < 4.78 is 33.6. The van der Waals surface area contributed by atoms with Crippen LogP contribution < -0.4 is 10.9 Å². The molecule has 6 rings (SSSR count). The summed E-state index contributed by atoms with van der Waals surface area (Å²) in [6.07, 6.45) is 3.49. The van der Waals surface area contributed by atoms with Crippen LogP contribution in [0.25, 0.3) is 0 Å². The number of benzene rings is 2. The largest absolute Gasteiger partial charge is 0.502 e. The first-order valence-electron chi connectivity index (χ1n) is 11.6. The molecule has 7 nitrogen and oxygen atoms in total. The highest BCUT2D eigenvalue weighted by atomic mass is 32.2.